The van der Waals surface area contributed by atoms with E-state index in [9.17, 15) is 9.59 Å². The van der Waals surface area contributed by atoms with Gasteiger partial charge in [0.25, 0.3) is 0 Å². The molecule has 168 valence electrons. The fourth-order valence-electron chi connectivity index (χ4n) is 3.21. The third kappa shape index (κ3) is 6.33. The van der Waals surface area contributed by atoms with Gasteiger partial charge in [-0.2, -0.15) is 0 Å². The molecule has 0 bridgehead atoms. The van der Waals surface area contributed by atoms with Crippen LogP contribution in [0.15, 0.2) is 26.3 Å². The molecule has 2 unspecified atom stereocenters. The number of rotatable bonds is 12. The van der Waals surface area contributed by atoms with E-state index in [-0.39, 0.29) is 5.91 Å². The molecule has 1 N–H and O–H groups in total. The first kappa shape index (κ1) is 24.4. The van der Waals surface area contributed by atoms with Crippen molar-refractivity contribution in [1.29, 1.82) is 0 Å². The van der Waals surface area contributed by atoms with Gasteiger partial charge in [-0.05, 0) is 34.1 Å². The molecule has 8 nitrogen and oxygen atoms in total. The Labute approximate surface area is 181 Å². The second-order valence-electron chi connectivity index (χ2n) is 6.87. The van der Waals surface area contributed by atoms with Gasteiger partial charge >= 0.3 is 5.63 Å². The molecule has 1 aliphatic rings. The molecule has 0 aliphatic carbocycles. The van der Waals surface area contributed by atoms with Crippen LogP contribution in [-0.2, 0) is 14.3 Å². The largest absolute Gasteiger partial charge is 0.493 e. The fourth-order valence-corrected chi connectivity index (χ4v) is 4.33. The molecule has 1 aromatic heterocycles. The average molecular weight is 441 g/mol. The van der Waals surface area contributed by atoms with Crippen LogP contribution in [0.25, 0.3) is 0 Å². The Balaban J connectivity index is 2.18. The minimum Gasteiger partial charge on any atom is -0.493 e. The number of carbonyl (C=O) groups excluding carboxylic acids is 1. The first-order chi connectivity index (χ1) is 14.4. The van der Waals surface area contributed by atoms with E-state index in [2.05, 4.69) is 10.3 Å². The van der Waals surface area contributed by atoms with E-state index in [1.54, 1.807) is 6.07 Å². The summed E-state index contributed by atoms with van der Waals surface area (Å²) < 4.78 is 22.3. The van der Waals surface area contributed by atoms with Crippen LogP contribution in [0.5, 0.6) is 5.75 Å². The molecule has 1 amide bonds. The number of amides is 1. The van der Waals surface area contributed by atoms with Crippen LogP contribution in [0.1, 0.15) is 59.3 Å². The van der Waals surface area contributed by atoms with E-state index < -0.39 is 23.5 Å². The van der Waals surface area contributed by atoms with Crippen molar-refractivity contribution in [3.8, 4) is 5.75 Å². The Morgan fingerprint density at radius 3 is 2.57 bits per heavy atom. The van der Waals surface area contributed by atoms with Crippen molar-refractivity contribution in [3.63, 3.8) is 0 Å². The maximum atomic E-state index is 12.9. The van der Waals surface area contributed by atoms with Gasteiger partial charge in [-0.25, -0.2) is 4.79 Å². The first-order valence-corrected chi connectivity index (χ1v) is 11.4. The summed E-state index contributed by atoms with van der Waals surface area (Å²) in [5, 5.41) is 3.64. The molecule has 9 heteroatoms. The highest BCUT2D eigenvalue weighted by atomic mass is 32.2. The molecule has 2 rings (SSSR count). The minimum atomic E-state index is -0.954. The molecule has 0 saturated heterocycles. The summed E-state index contributed by atoms with van der Waals surface area (Å²) in [6.07, 6.45) is 1.42. The van der Waals surface area contributed by atoms with Gasteiger partial charge in [0.1, 0.15) is 22.6 Å². The van der Waals surface area contributed by atoms with Crippen molar-refractivity contribution < 1.29 is 23.4 Å². The number of nitrogens with zero attached hydrogens (tertiary/aromatic N) is 1. The number of ether oxygens (including phenoxy) is 3. The van der Waals surface area contributed by atoms with Crippen LogP contribution in [-0.4, -0.2) is 48.4 Å². The SMILES string of the molecule is CCCC(NC(=O)C1CSC(C(C)(OCC)OCC)=N1)c1cc(OCC)cc(=O)o1. The molecule has 0 aromatic carbocycles. The van der Waals surface area contributed by atoms with Crippen molar-refractivity contribution in [2.45, 2.75) is 65.3 Å². The molecule has 0 radical (unpaired) electrons. The van der Waals surface area contributed by atoms with Crippen LogP contribution in [0.4, 0.5) is 0 Å². The van der Waals surface area contributed by atoms with E-state index in [4.69, 9.17) is 18.6 Å². The summed E-state index contributed by atoms with van der Waals surface area (Å²) in [5.74, 6) is 0.129. The summed E-state index contributed by atoms with van der Waals surface area (Å²) in [6, 6.07) is 1.95. The Morgan fingerprint density at radius 1 is 1.27 bits per heavy atom. The first-order valence-electron chi connectivity index (χ1n) is 10.4. The zero-order valence-corrected chi connectivity index (χ0v) is 19.2. The van der Waals surface area contributed by atoms with E-state index in [1.165, 1.54) is 17.8 Å². The Morgan fingerprint density at radius 2 is 1.97 bits per heavy atom. The van der Waals surface area contributed by atoms with E-state index in [0.29, 0.717) is 48.5 Å². The van der Waals surface area contributed by atoms with Crippen molar-refractivity contribution in [3.05, 3.63) is 28.3 Å². The van der Waals surface area contributed by atoms with Gasteiger partial charge in [0, 0.05) is 25.0 Å². The summed E-state index contributed by atoms with van der Waals surface area (Å²) in [4.78, 5) is 29.4. The van der Waals surface area contributed by atoms with Crippen LogP contribution in [0.2, 0.25) is 0 Å². The molecule has 0 fully saturated rings. The molecular formula is C21H32N2O6S. The number of aliphatic imine (C=N–C) groups is 1. The van der Waals surface area contributed by atoms with Crippen molar-refractivity contribution >= 4 is 22.7 Å². The van der Waals surface area contributed by atoms with E-state index >= 15 is 0 Å². The number of nitrogens with one attached hydrogen (secondary N) is 1. The number of thioether (sulfide) groups is 1. The predicted octanol–water partition coefficient (Wildman–Crippen LogP) is 3.30. The van der Waals surface area contributed by atoms with Gasteiger partial charge in [-0.15, -0.1) is 11.8 Å². The maximum Gasteiger partial charge on any atom is 0.339 e. The number of carbonyl (C=O) groups is 1. The van der Waals surface area contributed by atoms with Gasteiger partial charge in [0.2, 0.25) is 11.7 Å². The molecular weight excluding hydrogens is 408 g/mol. The van der Waals surface area contributed by atoms with Crippen molar-refractivity contribution in [1.82, 2.24) is 5.32 Å². The van der Waals surface area contributed by atoms with E-state index in [1.807, 2.05) is 34.6 Å². The summed E-state index contributed by atoms with van der Waals surface area (Å²) in [6.45, 7) is 10.8. The molecule has 1 aromatic rings. The third-order valence-electron chi connectivity index (χ3n) is 4.49. The average Bonchev–Trinajstić information content (AvgIpc) is 3.19. The number of hydrogen-bond acceptors (Lipinski definition) is 8. The van der Waals surface area contributed by atoms with E-state index in [0.717, 1.165) is 6.42 Å². The lowest BCUT2D eigenvalue weighted by atomic mass is 10.1. The highest BCUT2D eigenvalue weighted by Crippen LogP contribution is 2.30. The van der Waals surface area contributed by atoms with Gasteiger partial charge in [0.15, 0.2) is 0 Å². The highest BCUT2D eigenvalue weighted by molar-refractivity contribution is 8.14. The van der Waals surface area contributed by atoms with Crippen LogP contribution in [0, 0.1) is 0 Å². The van der Waals surface area contributed by atoms with Crippen molar-refractivity contribution in [2.75, 3.05) is 25.6 Å². The van der Waals surface area contributed by atoms with Gasteiger partial charge < -0.3 is 23.9 Å². The Bertz CT molecular complexity index is 788. The lowest BCUT2D eigenvalue weighted by molar-refractivity contribution is -0.168. The molecule has 0 saturated carbocycles. The zero-order chi connectivity index (χ0) is 22.1. The zero-order valence-electron chi connectivity index (χ0n) is 18.4. The molecule has 2 atom stereocenters. The fraction of sp³-hybridized carbons (Fsp3) is 0.667. The predicted molar refractivity (Wildman–Crippen MR) is 117 cm³/mol. The number of hydrogen-bond donors (Lipinski definition) is 1. The standard InChI is InChI=1S/C21H32N2O6S/c1-6-10-15(17-11-14(26-7-2)12-18(24)29-17)22-19(25)16-13-30-20(23-16)21(5,27-8-3)28-9-4/h11-12,15-16H,6-10,13H2,1-5H3,(H,22,25). The molecule has 30 heavy (non-hydrogen) atoms. The Hall–Kier alpha value is -1.84. The quantitative estimate of drug-likeness (QED) is 0.498. The normalized spacial score (nSPS) is 17.5. The van der Waals surface area contributed by atoms with Crippen LogP contribution >= 0.6 is 11.8 Å². The second kappa shape index (κ2) is 11.5. The summed E-state index contributed by atoms with van der Waals surface area (Å²) in [7, 11) is 0. The summed E-state index contributed by atoms with van der Waals surface area (Å²) >= 11 is 1.46. The topological polar surface area (TPSA) is 99.4 Å². The molecule has 0 spiro atoms. The third-order valence-corrected chi connectivity index (χ3v) is 5.73. The molecule has 1 aliphatic heterocycles. The lowest BCUT2D eigenvalue weighted by Gasteiger charge is -2.28. The highest BCUT2D eigenvalue weighted by Gasteiger charge is 2.39. The van der Waals surface area contributed by atoms with Crippen molar-refractivity contribution in [2.24, 2.45) is 4.99 Å². The Kier molecular flexibility index (Phi) is 9.38. The van der Waals surface area contributed by atoms with Gasteiger partial charge in [-0.1, -0.05) is 13.3 Å². The van der Waals surface area contributed by atoms with Crippen LogP contribution in [0.3, 0.4) is 0 Å². The van der Waals surface area contributed by atoms with Crippen LogP contribution < -0.4 is 15.7 Å². The maximum absolute atomic E-state index is 12.9. The summed E-state index contributed by atoms with van der Waals surface area (Å²) in [5.41, 5.74) is -0.507. The smallest absolute Gasteiger partial charge is 0.339 e. The lowest BCUT2D eigenvalue weighted by Crippen LogP contribution is -2.40. The van der Waals surface area contributed by atoms with Gasteiger partial charge in [0.05, 0.1) is 18.7 Å². The molecule has 2 heterocycles. The monoisotopic (exact) mass is 440 g/mol. The van der Waals surface area contributed by atoms with Gasteiger partial charge in [-0.3, -0.25) is 9.79 Å². The minimum absolute atomic E-state index is 0.226. The second-order valence-corrected chi connectivity index (χ2v) is 7.88.